The number of rotatable bonds is 3. The lowest BCUT2D eigenvalue weighted by atomic mass is 10.2. The van der Waals surface area contributed by atoms with Crippen LogP contribution in [0.15, 0.2) is 51.6 Å². The van der Waals surface area contributed by atoms with E-state index in [-0.39, 0.29) is 11.9 Å². The molecule has 0 atom stereocenters. The largest absolute Gasteiger partial charge is 0.459 e. The van der Waals surface area contributed by atoms with Crippen molar-refractivity contribution in [2.24, 2.45) is 0 Å². The molecule has 1 aliphatic heterocycles. The predicted molar refractivity (Wildman–Crippen MR) is 92.6 cm³/mol. The molecule has 6 nitrogen and oxygen atoms in total. The van der Waals surface area contributed by atoms with E-state index in [2.05, 4.69) is 21.2 Å². The number of halogens is 1. The van der Waals surface area contributed by atoms with Gasteiger partial charge < -0.3 is 19.5 Å². The maximum Gasteiger partial charge on any atom is 0.317 e. The van der Waals surface area contributed by atoms with Crippen molar-refractivity contribution in [3.8, 4) is 0 Å². The van der Waals surface area contributed by atoms with E-state index < -0.39 is 0 Å². The predicted octanol–water partition coefficient (Wildman–Crippen LogP) is 2.71. The molecule has 126 valence electrons. The molecule has 0 spiro atoms. The Balaban J connectivity index is 1.48. The SMILES string of the molecule is O=C(NCc1ccccc1Br)N1CCN(C(=O)c2ccco2)CC1. The van der Waals surface area contributed by atoms with Crippen molar-refractivity contribution in [1.82, 2.24) is 15.1 Å². The highest BCUT2D eigenvalue weighted by molar-refractivity contribution is 9.10. The van der Waals surface area contributed by atoms with E-state index in [1.54, 1.807) is 21.9 Å². The van der Waals surface area contributed by atoms with Gasteiger partial charge in [-0.3, -0.25) is 4.79 Å². The molecule has 0 radical (unpaired) electrons. The number of nitrogens with one attached hydrogen (secondary N) is 1. The van der Waals surface area contributed by atoms with Crippen LogP contribution in [0.25, 0.3) is 0 Å². The van der Waals surface area contributed by atoms with Gasteiger partial charge in [0, 0.05) is 37.2 Å². The van der Waals surface area contributed by atoms with Crippen LogP contribution in [0.2, 0.25) is 0 Å². The highest BCUT2D eigenvalue weighted by Crippen LogP contribution is 2.15. The third-order valence-electron chi connectivity index (χ3n) is 3.97. The van der Waals surface area contributed by atoms with E-state index in [1.807, 2.05) is 24.3 Å². The summed E-state index contributed by atoms with van der Waals surface area (Å²) in [5, 5.41) is 2.92. The molecule has 1 saturated heterocycles. The number of hydrogen-bond donors (Lipinski definition) is 1. The molecule has 24 heavy (non-hydrogen) atoms. The summed E-state index contributed by atoms with van der Waals surface area (Å²) in [5.74, 6) is 0.204. The monoisotopic (exact) mass is 391 g/mol. The third kappa shape index (κ3) is 3.79. The maximum absolute atomic E-state index is 12.3. The summed E-state index contributed by atoms with van der Waals surface area (Å²) >= 11 is 3.47. The van der Waals surface area contributed by atoms with Gasteiger partial charge in [0.25, 0.3) is 5.91 Å². The minimum Gasteiger partial charge on any atom is -0.459 e. The molecular weight excluding hydrogens is 374 g/mol. The maximum atomic E-state index is 12.3. The molecule has 3 rings (SSSR count). The Hall–Kier alpha value is -2.28. The van der Waals surface area contributed by atoms with Crippen LogP contribution in [0.4, 0.5) is 4.79 Å². The van der Waals surface area contributed by atoms with Crippen LogP contribution in [-0.2, 0) is 6.54 Å². The Morgan fingerprint density at radius 2 is 1.75 bits per heavy atom. The Labute approximate surface area is 148 Å². The summed E-state index contributed by atoms with van der Waals surface area (Å²) in [7, 11) is 0. The van der Waals surface area contributed by atoms with Crippen LogP contribution >= 0.6 is 15.9 Å². The summed E-state index contributed by atoms with van der Waals surface area (Å²) in [6.45, 7) is 2.48. The van der Waals surface area contributed by atoms with Crippen molar-refractivity contribution in [2.75, 3.05) is 26.2 Å². The van der Waals surface area contributed by atoms with Crippen LogP contribution in [0, 0.1) is 0 Å². The fourth-order valence-electron chi connectivity index (χ4n) is 2.59. The first-order valence-corrected chi connectivity index (χ1v) is 8.53. The van der Waals surface area contributed by atoms with Crippen molar-refractivity contribution in [3.63, 3.8) is 0 Å². The van der Waals surface area contributed by atoms with Gasteiger partial charge in [-0.1, -0.05) is 34.1 Å². The van der Waals surface area contributed by atoms with Crippen LogP contribution < -0.4 is 5.32 Å². The quantitative estimate of drug-likeness (QED) is 0.874. The molecule has 1 aromatic heterocycles. The van der Waals surface area contributed by atoms with Crippen molar-refractivity contribution in [2.45, 2.75) is 6.54 Å². The highest BCUT2D eigenvalue weighted by atomic mass is 79.9. The lowest BCUT2D eigenvalue weighted by molar-refractivity contribution is 0.0634. The molecule has 0 saturated carbocycles. The topological polar surface area (TPSA) is 65.8 Å². The molecule has 1 N–H and O–H groups in total. The first-order chi connectivity index (χ1) is 11.6. The van der Waals surface area contributed by atoms with E-state index in [1.165, 1.54) is 6.26 Å². The molecule has 7 heteroatoms. The minimum atomic E-state index is -0.131. The molecule has 1 aliphatic rings. The Morgan fingerprint density at radius 3 is 2.42 bits per heavy atom. The zero-order valence-corrected chi connectivity index (χ0v) is 14.7. The number of nitrogens with zero attached hydrogens (tertiary/aromatic N) is 2. The van der Waals surface area contributed by atoms with E-state index in [9.17, 15) is 9.59 Å². The fourth-order valence-corrected chi connectivity index (χ4v) is 3.02. The lowest BCUT2D eigenvalue weighted by Crippen LogP contribution is -2.53. The van der Waals surface area contributed by atoms with Gasteiger partial charge in [-0.15, -0.1) is 0 Å². The number of furan rings is 1. The third-order valence-corrected chi connectivity index (χ3v) is 4.75. The van der Waals surface area contributed by atoms with Gasteiger partial charge in [0.05, 0.1) is 6.26 Å². The van der Waals surface area contributed by atoms with Gasteiger partial charge in [0.1, 0.15) is 0 Å². The molecule has 0 bridgehead atoms. The molecule has 1 fully saturated rings. The molecule has 2 heterocycles. The Kier molecular flexibility index (Phi) is 5.20. The van der Waals surface area contributed by atoms with Crippen LogP contribution in [0.1, 0.15) is 16.1 Å². The standard InChI is InChI=1S/C17H18BrN3O3/c18-14-5-2-1-4-13(14)12-19-17(23)21-9-7-20(8-10-21)16(22)15-6-3-11-24-15/h1-6,11H,7-10,12H2,(H,19,23). The van der Waals surface area contributed by atoms with E-state index >= 15 is 0 Å². The lowest BCUT2D eigenvalue weighted by Gasteiger charge is -2.34. The molecular formula is C17H18BrN3O3. The van der Waals surface area contributed by atoms with Crippen LogP contribution in [0.3, 0.4) is 0 Å². The first-order valence-electron chi connectivity index (χ1n) is 7.74. The number of benzene rings is 1. The zero-order chi connectivity index (χ0) is 16.9. The number of urea groups is 1. The van der Waals surface area contributed by atoms with Gasteiger partial charge in [-0.2, -0.15) is 0 Å². The number of carbonyl (C=O) groups is 2. The van der Waals surface area contributed by atoms with Crippen molar-refractivity contribution < 1.29 is 14.0 Å². The summed E-state index contributed by atoms with van der Waals surface area (Å²) < 4.78 is 6.10. The second kappa shape index (κ2) is 7.53. The molecule has 2 aromatic rings. The number of carbonyl (C=O) groups excluding carboxylic acids is 2. The minimum absolute atomic E-state index is 0.115. The van der Waals surface area contributed by atoms with Crippen LogP contribution in [0.5, 0.6) is 0 Å². The molecule has 0 unspecified atom stereocenters. The van der Waals surface area contributed by atoms with E-state index in [0.717, 1.165) is 10.0 Å². The molecule has 0 aliphatic carbocycles. The van der Waals surface area contributed by atoms with Gasteiger partial charge in [0.2, 0.25) is 0 Å². The summed E-state index contributed by atoms with van der Waals surface area (Å²) in [6.07, 6.45) is 1.48. The van der Waals surface area contributed by atoms with Gasteiger partial charge in [-0.25, -0.2) is 4.79 Å². The number of hydrogen-bond acceptors (Lipinski definition) is 3. The van der Waals surface area contributed by atoms with Crippen molar-refractivity contribution in [3.05, 3.63) is 58.5 Å². The van der Waals surface area contributed by atoms with E-state index in [4.69, 9.17) is 4.42 Å². The summed E-state index contributed by atoms with van der Waals surface area (Å²) in [6, 6.07) is 11.0. The molecule has 3 amide bonds. The number of amides is 3. The second-order valence-corrected chi connectivity index (χ2v) is 6.36. The number of piperazine rings is 1. The average molecular weight is 392 g/mol. The Bertz CT molecular complexity index is 710. The highest BCUT2D eigenvalue weighted by Gasteiger charge is 2.25. The van der Waals surface area contributed by atoms with Crippen molar-refractivity contribution >= 4 is 27.9 Å². The Morgan fingerprint density at radius 1 is 1.04 bits per heavy atom. The smallest absolute Gasteiger partial charge is 0.317 e. The fraction of sp³-hybridized carbons (Fsp3) is 0.294. The second-order valence-electron chi connectivity index (χ2n) is 5.51. The van der Waals surface area contributed by atoms with Gasteiger partial charge in [0.15, 0.2) is 5.76 Å². The first kappa shape index (κ1) is 16.6. The van der Waals surface area contributed by atoms with Crippen LogP contribution in [-0.4, -0.2) is 47.9 Å². The van der Waals surface area contributed by atoms with Gasteiger partial charge >= 0.3 is 6.03 Å². The van der Waals surface area contributed by atoms with Crippen molar-refractivity contribution in [1.29, 1.82) is 0 Å². The summed E-state index contributed by atoms with van der Waals surface area (Å²) in [5.41, 5.74) is 1.03. The average Bonchev–Trinajstić information content (AvgIpc) is 3.15. The van der Waals surface area contributed by atoms with E-state index in [0.29, 0.717) is 38.5 Å². The normalized spacial score (nSPS) is 14.5. The zero-order valence-electron chi connectivity index (χ0n) is 13.1. The summed E-state index contributed by atoms with van der Waals surface area (Å²) in [4.78, 5) is 27.9. The van der Waals surface area contributed by atoms with Gasteiger partial charge in [-0.05, 0) is 23.8 Å². The molecule has 1 aromatic carbocycles.